The number of imidazole rings is 1. The molecule has 0 fully saturated rings. The van der Waals surface area contributed by atoms with Crippen LogP contribution in [0.3, 0.4) is 0 Å². The number of benzene rings is 2. The predicted molar refractivity (Wildman–Crippen MR) is 87.6 cm³/mol. The van der Waals surface area contributed by atoms with Gasteiger partial charge in [0.2, 0.25) is 0 Å². The summed E-state index contributed by atoms with van der Waals surface area (Å²) >= 11 is 6.05. The van der Waals surface area contributed by atoms with Crippen molar-refractivity contribution < 1.29 is 0 Å². The molecule has 2 aromatic carbocycles. The van der Waals surface area contributed by atoms with Crippen molar-refractivity contribution >= 4 is 40.6 Å². The van der Waals surface area contributed by atoms with E-state index in [1.165, 1.54) is 0 Å². The van der Waals surface area contributed by atoms with Crippen molar-refractivity contribution in [2.75, 3.05) is 0 Å². The van der Waals surface area contributed by atoms with E-state index in [4.69, 9.17) is 11.6 Å². The second-order valence-corrected chi connectivity index (χ2v) is 4.88. The first-order valence-electron chi connectivity index (χ1n) is 6.40. The summed E-state index contributed by atoms with van der Waals surface area (Å²) in [7, 11) is 0. The Morgan fingerprint density at radius 3 is 2.71 bits per heavy atom. The first kappa shape index (κ1) is 13.4. The number of hydrogen-bond donors (Lipinski definition) is 2. The van der Waals surface area contributed by atoms with Gasteiger partial charge in [-0.2, -0.15) is 0 Å². The number of H-pyrrole nitrogens is 2. The van der Waals surface area contributed by atoms with E-state index in [0.717, 1.165) is 22.3 Å². The molecule has 0 radical (unpaired) electrons. The lowest BCUT2D eigenvalue weighted by molar-refractivity contribution is 1.21. The van der Waals surface area contributed by atoms with E-state index in [2.05, 4.69) is 15.0 Å². The van der Waals surface area contributed by atoms with Gasteiger partial charge in [0.1, 0.15) is 0 Å². The zero-order valence-electron chi connectivity index (χ0n) is 11.0. The van der Waals surface area contributed by atoms with Gasteiger partial charge in [-0.3, -0.25) is 4.99 Å². The van der Waals surface area contributed by atoms with E-state index in [0.29, 0.717) is 5.02 Å². The van der Waals surface area contributed by atoms with Crippen molar-refractivity contribution in [3.8, 4) is 0 Å². The third kappa shape index (κ3) is 3.12. The average Bonchev–Trinajstić information content (AvgIpc) is 2.84. The Kier molecular flexibility index (Phi) is 3.71. The van der Waals surface area contributed by atoms with E-state index in [1.54, 1.807) is 6.21 Å². The molecule has 2 N–H and O–H groups in total. The predicted octanol–water partition coefficient (Wildman–Crippen LogP) is 3.93. The molecule has 0 spiro atoms. The number of nitrogens with one attached hydrogen (secondary N) is 2. The summed E-state index contributed by atoms with van der Waals surface area (Å²) < 4.78 is 0. The van der Waals surface area contributed by atoms with Crippen molar-refractivity contribution in [3.05, 3.63) is 69.6 Å². The lowest BCUT2D eigenvalue weighted by Crippen LogP contribution is -1.99. The van der Waals surface area contributed by atoms with Crippen molar-refractivity contribution in [2.45, 2.75) is 0 Å². The van der Waals surface area contributed by atoms with Crippen LogP contribution < -0.4 is 5.69 Å². The summed E-state index contributed by atoms with van der Waals surface area (Å²) in [5.74, 6) is 0. The van der Waals surface area contributed by atoms with Gasteiger partial charge in [0.25, 0.3) is 0 Å². The zero-order chi connectivity index (χ0) is 14.7. The summed E-state index contributed by atoms with van der Waals surface area (Å²) in [5, 5.41) is 0.702. The van der Waals surface area contributed by atoms with Crippen molar-refractivity contribution in [1.29, 1.82) is 0 Å². The monoisotopic (exact) mass is 297 g/mol. The summed E-state index contributed by atoms with van der Waals surface area (Å²) in [6.07, 6.45) is 5.41. The van der Waals surface area contributed by atoms with Crippen LogP contribution in [0.1, 0.15) is 5.56 Å². The molecule has 1 heterocycles. The first-order valence-corrected chi connectivity index (χ1v) is 6.77. The fraction of sp³-hybridized carbons (Fsp3) is 0. The maximum Gasteiger partial charge on any atom is 0.323 e. The van der Waals surface area contributed by atoms with Crippen molar-refractivity contribution in [2.24, 2.45) is 4.99 Å². The highest BCUT2D eigenvalue weighted by Gasteiger charge is 1.97. The Morgan fingerprint density at radius 2 is 1.86 bits per heavy atom. The molecule has 104 valence electrons. The molecule has 0 aliphatic rings. The second kappa shape index (κ2) is 5.81. The van der Waals surface area contributed by atoms with Crippen LogP contribution in [0, 0.1) is 0 Å². The number of hydrogen-bond acceptors (Lipinski definition) is 2. The summed E-state index contributed by atoms with van der Waals surface area (Å²) in [4.78, 5) is 20.9. The molecule has 21 heavy (non-hydrogen) atoms. The number of aromatic amines is 2. The molecular weight excluding hydrogens is 286 g/mol. The van der Waals surface area contributed by atoms with Crippen molar-refractivity contribution in [3.63, 3.8) is 0 Å². The molecule has 4 nitrogen and oxygen atoms in total. The topological polar surface area (TPSA) is 61.0 Å². The Morgan fingerprint density at radius 1 is 1.05 bits per heavy atom. The van der Waals surface area contributed by atoms with E-state index in [-0.39, 0.29) is 5.69 Å². The lowest BCUT2D eigenvalue weighted by Gasteiger charge is -1.95. The van der Waals surface area contributed by atoms with Gasteiger partial charge in [-0.15, -0.1) is 0 Å². The normalized spacial score (nSPS) is 11.9. The van der Waals surface area contributed by atoms with Gasteiger partial charge in [-0.25, -0.2) is 4.79 Å². The van der Waals surface area contributed by atoms with Crippen LogP contribution in [0.5, 0.6) is 0 Å². The fourth-order valence-corrected chi connectivity index (χ4v) is 2.19. The third-order valence-corrected chi connectivity index (χ3v) is 3.33. The molecule has 3 aromatic rings. The molecule has 5 heteroatoms. The lowest BCUT2D eigenvalue weighted by atomic mass is 10.2. The van der Waals surface area contributed by atoms with Crippen LogP contribution in [-0.4, -0.2) is 16.2 Å². The number of nitrogens with zero attached hydrogens (tertiary/aromatic N) is 1. The highest BCUT2D eigenvalue weighted by Crippen LogP contribution is 2.18. The highest BCUT2D eigenvalue weighted by atomic mass is 35.5. The molecule has 0 atom stereocenters. The van der Waals surface area contributed by atoms with Gasteiger partial charge in [0, 0.05) is 11.2 Å². The Hall–Kier alpha value is -2.59. The molecule has 0 aliphatic carbocycles. The number of aromatic nitrogens is 2. The summed E-state index contributed by atoms with van der Waals surface area (Å²) in [6, 6.07) is 13.1. The third-order valence-electron chi connectivity index (χ3n) is 2.99. The smallest absolute Gasteiger partial charge is 0.306 e. The van der Waals surface area contributed by atoms with E-state index in [9.17, 15) is 4.79 Å². The summed E-state index contributed by atoms with van der Waals surface area (Å²) in [5.41, 5.74) is 3.00. The molecule has 0 bridgehead atoms. The van der Waals surface area contributed by atoms with Crippen LogP contribution >= 0.6 is 11.6 Å². The van der Waals surface area contributed by atoms with Crippen LogP contribution in [0.25, 0.3) is 17.1 Å². The summed E-state index contributed by atoms with van der Waals surface area (Å²) in [6.45, 7) is 0. The molecule has 0 saturated carbocycles. The zero-order valence-corrected chi connectivity index (χ0v) is 11.8. The van der Waals surface area contributed by atoms with E-state index >= 15 is 0 Å². The van der Waals surface area contributed by atoms with Gasteiger partial charge < -0.3 is 9.97 Å². The largest absolute Gasteiger partial charge is 0.323 e. The minimum Gasteiger partial charge on any atom is -0.306 e. The molecule has 1 aromatic heterocycles. The molecular formula is C16H12ClN3O. The Labute approximate surface area is 125 Å². The number of allylic oxidation sites excluding steroid dienone is 1. The quantitative estimate of drug-likeness (QED) is 0.707. The van der Waals surface area contributed by atoms with Gasteiger partial charge in [0.15, 0.2) is 0 Å². The Bertz CT molecular complexity index is 890. The molecule has 0 saturated heterocycles. The van der Waals surface area contributed by atoms with Crippen LogP contribution in [0.2, 0.25) is 5.02 Å². The minimum absolute atomic E-state index is 0.218. The van der Waals surface area contributed by atoms with E-state index in [1.807, 2.05) is 54.6 Å². The second-order valence-electron chi connectivity index (χ2n) is 4.47. The fourth-order valence-electron chi connectivity index (χ4n) is 1.99. The number of rotatable bonds is 3. The molecule has 0 amide bonds. The Balaban J connectivity index is 1.78. The standard InChI is InChI=1S/C16H12ClN3O/c17-13-6-2-1-4-11(13)5-3-9-18-12-7-8-14-15(10-12)20-16(21)19-14/h1-10H,(H2,19,20,21). The van der Waals surface area contributed by atoms with Crippen LogP contribution in [-0.2, 0) is 0 Å². The van der Waals surface area contributed by atoms with Gasteiger partial charge in [-0.1, -0.05) is 35.9 Å². The van der Waals surface area contributed by atoms with Gasteiger partial charge in [0.05, 0.1) is 16.7 Å². The minimum atomic E-state index is -0.218. The number of aliphatic imine (C=N–C) groups is 1. The number of fused-ring (bicyclic) bond motifs is 1. The number of halogens is 1. The molecule has 0 unspecified atom stereocenters. The van der Waals surface area contributed by atoms with Crippen LogP contribution in [0.15, 0.2) is 58.3 Å². The SMILES string of the molecule is O=c1[nH]c2ccc(N=CC=Cc3ccccc3Cl)cc2[nH]1. The molecule has 0 aliphatic heterocycles. The van der Waals surface area contributed by atoms with Crippen molar-refractivity contribution in [1.82, 2.24) is 9.97 Å². The molecule has 3 rings (SSSR count). The van der Waals surface area contributed by atoms with Gasteiger partial charge in [-0.05, 0) is 35.9 Å². The maximum absolute atomic E-state index is 11.2. The first-order chi connectivity index (χ1) is 10.2. The van der Waals surface area contributed by atoms with E-state index < -0.39 is 0 Å². The van der Waals surface area contributed by atoms with Crippen LogP contribution in [0.4, 0.5) is 5.69 Å². The maximum atomic E-state index is 11.2. The average molecular weight is 298 g/mol. The highest BCUT2D eigenvalue weighted by molar-refractivity contribution is 6.32. The van der Waals surface area contributed by atoms with Gasteiger partial charge >= 0.3 is 5.69 Å².